The fourth-order valence-corrected chi connectivity index (χ4v) is 4.66. The first-order chi connectivity index (χ1) is 14.6. The number of nitriles is 1. The molecule has 154 valence electrons. The largest absolute Gasteiger partial charge is 0.495 e. The van der Waals surface area contributed by atoms with Gasteiger partial charge in [0.2, 0.25) is 12.5 Å². The summed E-state index contributed by atoms with van der Waals surface area (Å²) in [7, 11) is 5.05. The number of carbonyl (C=O) groups is 1. The molecule has 2 aromatic rings. The van der Waals surface area contributed by atoms with Gasteiger partial charge in [0, 0.05) is 17.7 Å². The lowest BCUT2D eigenvalue weighted by atomic mass is 9.85. The van der Waals surface area contributed by atoms with Gasteiger partial charge < -0.3 is 23.7 Å². The van der Waals surface area contributed by atoms with Crippen molar-refractivity contribution in [1.82, 2.24) is 4.90 Å². The lowest BCUT2D eigenvalue weighted by molar-refractivity contribution is 0.00881. The molecule has 30 heavy (non-hydrogen) atoms. The maximum absolute atomic E-state index is 12.8. The number of ether oxygens (including phenoxy) is 5. The van der Waals surface area contributed by atoms with Crippen LogP contribution in [-0.2, 0) is 11.2 Å². The second-order valence-corrected chi connectivity index (χ2v) is 7.44. The molecule has 0 fully saturated rings. The van der Waals surface area contributed by atoms with Crippen LogP contribution in [-0.4, -0.2) is 45.5 Å². The van der Waals surface area contributed by atoms with Crippen LogP contribution in [0.15, 0.2) is 18.2 Å². The van der Waals surface area contributed by atoms with Crippen molar-refractivity contribution in [2.24, 2.45) is 0 Å². The molecule has 0 radical (unpaired) electrons. The number of esters is 1. The van der Waals surface area contributed by atoms with Gasteiger partial charge in [-0.25, -0.2) is 4.79 Å². The SMILES string of the molecule is COc1ccc2c(c1C#N)C(=O)O[C@@H]2[C@H]1c2c(cc3c(c2OC)OCO3)CCN1C. The summed E-state index contributed by atoms with van der Waals surface area (Å²) >= 11 is 0. The molecule has 2 atom stereocenters. The van der Waals surface area contributed by atoms with E-state index < -0.39 is 12.1 Å². The van der Waals surface area contributed by atoms with E-state index in [4.69, 9.17) is 23.7 Å². The third kappa shape index (κ3) is 2.45. The third-order valence-corrected chi connectivity index (χ3v) is 6.01. The summed E-state index contributed by atoms with van der Waals surface area (Å²) in [4.78, 5) is 14.9. The van der Waals surface area contributed by atoms with Gasteiger partial charge in [-0.2, -0.15) is 5.26 Å². The van der Waals surface area contributed by atoms with E-state index in [1.165, 1.54) is 7.11 Å². The highest BCUT2D eigenvalue weighted by atomic mass is 16.7. The first-order valence-electron chi connectivity index (χ1n) is 9.60. The first kappa shape index (κ1) is 18.6. The van der Waals surface area contributed by atoms with Gasteiger partial charge in [0.15, 0.2) is 11.5 Å². The Kier molecular flexibility index (Phi) is 4.22. The maximum atomic E-state index is 12.8. The maximum Gasteiger partial charge on any atom is 0.340 e. The molecule has 0 saturated heterocycles. The van der Waals surface area contributed by atoms with Crippen molar-refractivity contribution < 1.29 is 28.5 Å². The number of fused-ring (bicyclic) bond motifs is 3. The van der Waals surface area contributed by atoms with Crippen LogP contribution in [0, 0.1) is 11.3 Å². The second kappa shape index (κ2) is 6.82. The topological polar surface area (TPSA) is 90.2 Å². The summed E-state index contributed by atoms with van der Waals surface area (Å²) in [6.07, 6.45) is 0.207. The number of carbonyl (C=O) groups excluding carboxylic acids is 1. The molecule has 0 bridgehead atoms. The molecule has 0 unspecified atom stereocenters. The summed E-state index contributed by atoms with van der Waals surface area (Å²) in [6, 6.07) is 7.26. The minimum absolute atomic E-state index is 0.141. The number of cyclic esters (lactones) is 1. The quantitative estimate of drug-likeness (QED) is 0.716. The van der Waals surface area contributed by atoms with Crippen molar-refractivity contribution in [3.8, 4) is 29.1 Å². The smallest absolute Gasteiger partial charge is 0.340 e. The Morgan fingerprint density at radius 2 is 2.07 bits per heavy atom. The summed E-state index contributed by atoms with van der Waals surface area (Å²) in [6.45, 7) is 0.909. The van der Waals surface area contributed by atoms with E-state index in [9.17, 15) is 10.1 Å². The van der Waals surface area contributed by atoms with Crippen LogP contribution < -0.4 is 18.9 Å². The summed E-state index contributed by atoms with van der Waals surface area (Å²) in [5, 5.41) is 9.63. The van der Waals surface area contributed by atoms with Gasteiger partial charge in [-0.05, 0) is 31.2 Å². The Morgan fingerprint density at radius 1 is 1.23 bits per heavy atom. The van der Waals surface area contributed by atoms with E-state index in [0.717, 1.165) is 24.1 Å². The van der Waals surface area contributed by atoms with Gasteiger partial charge >= 0.3 is 5.97 Å². The molecule has 3 heterocycles. The van der Waals surface area contributed by atoms with Crippen LogP contribution in [0.4, 0.5) is 0 Å². The number of likely N-dealkylation sites (N-methyl/N-ethyl adjacent to an activating group) is 1. The molecule has 5 rings (SSSR count). The molecule has 0 amide bonds. The number of benzene rings is 2. The number of methoxy groups -OCH3 is 2. The Labute approximate surface area is 173 Å². The molecule has 0 aliphatic carbocycles. The zero-order valence-corrected chi connectivity index (χ0v) is 16.9. The van der Waals surface area contributed by atoms with Crippen LogP contribution in [0.1, 0.15) is 44.8 Å². The van der Waals surface area contributed by atoms with Crippen LogP contribution >= 0.6 is 0 Å². The van der Waals surface area contributed by atoms with Crippen molar-refractivity contribution >= 4 is 5.97 Å². The minimum atomic E-state index is -0.594. The van der Waals surface area contributed by atoms with Gasteiger partial charge in [0.05, 0.1) is 25.8 Å². The third-order valence-electron chi connectivity index (χ3n) is 6.01. The highest BCUT2D eigenvalue weighted by molar-refractivity contribution is 5.97. The highest BCUT2D eigenvalue weighted by Crippen LogP contribution is 2.54. The Morgan fingerprint density at radius 3 is 2.80 bits per heavy atom. The normalized spacial score (nSPS) is 21.5. The van der Waals surface area contributed by atoms with Gasteiger partial charge in [-0.3, -0.25) is 4.90 Å². The molecule has 8 heteroatoms. The minimum Gasteiger partial charge on any atom is -0.495 e. The first-order valence-corrected chi connectivity index (χ1v) is 9.60. The predicted octanol–water partition coefficient (Wildman–Crippen LogP) is 2.74. The monoisotopic (exact) mass is 408 g/mol. The van der Waals surface area contributed by atoms with E-state index >= 15 is 0 Å². The van der Waals surface area contributed by atoms with Crippen LogP contribution in [0.25, 0.3) is 0 Å². The van der Waals surface area contributed by atoms with Crippen molar-refractivity contribution in [1.29, 1.82) is 5.26 Å². The molecule has 3 aliphatic rings. The summed E-state index contributed by atoms with van der Waals surface area (Å²) in [5.41, 5.74) is 3.11. The lowest BCUT2D eigenvalue weighted by Gasteiger charge is -2.38. The average molecular weight is 408 g/mol. The van der Waals surface area contributed by atoms with Crippen molar-refractivity contribution in [3.05, 3.63) is 46.0 Å². The fourth-order valence-electron chi connectivity index (χ4n) is 4.66. The van der Waals surface area contributed by atoms with Crippen LogP contribution in [0.5, 0.6) is 23.0 Å². The zero-order chi connectivity index (χ0) is 21.0. The molecule has 0 spiro atoms. The summed E-state index contributed by atoms with van der Waals surface area (Å²) in [5.74, 6) is 1.65. The van der Waals surface area contributed by atoms with Gasteiger partial charge in [-0.1, -0.05) is 6.07 Å². The number of nitrogens with zero attached hydrogens (tertiary/aromatic N) is 2. The number of hydrogen-bond acceptors (Lipinski definition) is 8. The molecule has 0 aromatic heterocycles. The van der Waals surface area contributed by atoms with Gasteiger partial charge in [0.25, 0.3) is 0 Å². The standard InChI is InChI=1S/C22H20N2O6/c1-24-7-6-11-8-15-20(29-10-28-15)21(27-3)16(11)18(24)19-12-4-5-14(26-2)13(9-23)17(12)22(25)30-19/h4-5,8,18-19H,6-7,10H2,1-3H3/t18-,19+/m1/s1. The Hall–Kier alpha value is -3.44. The van der Waals surface area contributed by atoms with Crippen LogP contribution in [0.2, 0.25) is 0 Å². The van der Waals surface area contributed by atoms with E-state index in [2.05, 4.69) is 11.0 Å². The zero-order valence-electron chi connectivity index (χ0n) is 16.9. The fraction of sp³-hybridized carbons (Fsp3) is 0.364. The molecule has 8 nitrogen and oxygen atoms in total. The Bertz CT molecular complexity index is 1110. The van der Waals surface area contributed by atoms with Gasteiger partial charge in [-0.15, -0.1) is 0 Å². The summed E-state index contributed by atoms with van der Waals surface area (Å²) < 4.78 is 28.1. The number of hydrogen-bond donors (Lipinski definition) is 0. The molecular formula is C22H20N2O6. The van der Waals surface area contributed by atoms with Crippen LogP contribution in [0.3, 0.4) is 0 Å². The molecule has 0 saturated carbocycles. The van der Waals surface area contributed by atoms with E-state index in [0.29, 0.717) is 28.6 Å². The van der Waals surface area contributed by atoms with E-state index in [-0.39, 0.29) is 24.0 Å². The van der Waals surface area contributed by atoms with Crippen molar-refractivity contribution in [2.75, 3.05) is 34.6 Å². The average Bonchev–Trinajstić information content (AvgIpc) is 3.35. The van der Waals surface area contributed by atoms with Crippen molar-refractivity contribution in [3.63, 3.8) is 0 Å². The van der Waals surface area contributed by atoms with Gasteiger partial charge in [0.1, 0.15) is 23.5 Å². The second-order valence-electron chi connectivity index (χ2n) is 7.44. The molecule has 3 aliphatic heterocycles. The van der Waals surface area contributed by atoms with E-state index in [1.807, 2.05) is 13.1 Å². The lowest BCUT2D eigenvalue weighted by Crippen LogP contribution is -2.36. The van der Waals surface area contributed by atoms with Crippen molar-refractivity contribution in [2.45, 2.75) is 18.6 Å². The molecule has 2 aromatic carbocycles. The highest BCUT2D eigenvalue weighted by Gasteiger charge is 2.45. The van der Waals surface area contributed by atoms with E-state index in [1.54, 1.807) is 19.2 Å². The molecular weight excluding hydrogens is 388 g/mol. The predicted molar refractivity (Wildman–Crippen MR) is 104 cm³/mol. The number of rotatable bonds is 3. The Balaban J connectivity index is 1.70. The molecule has 0 N–H and O–H groups in total.